The summed E-state index contributed by atoms with van der Waals surface area (Å²) < 4.78 is 49.4. The lowest BCUT2D eigenvalue weighted by Gasteiger charge is -2.48. The lowest BCUT2D eigenvalue weighted by Crippen LogP contribution is -2.61. The molecule has 0 bridgehead atoms. The molecule has 3 rings (SSSR count). The van der Waals surface area contributed by atoms with Crippen LogP contribution in [0.1, 0.15) is 29.9 Å². The van der Waals surface area contributed by atoms with Gasteiger partial charge in [0.25, 0.3) is 11.8 Å². The van der Waals surface area contributed by atoms with E-state index < -0.39 is 33.5 Å². The molecule has 3 N–H and O–H groups in total. The Labute approximate surface area is 186 Å². The van der Waals surface area contributed by atoms with Crippen molar-refractivity contribution >= 4 is 40.1 Å². The topological polar surface area (TPSA) is 89.6 Å². The van der Waals surface area contributed by atoms with Crippen LogP contribution < -0.4 is 11.1 Å². The van der Waals surface area contributed by atoms with Crippen LogP contribution in [-0.4, -0.2) is 40.4 Å². The Morgan fingerprint density at radius 3 is 2.61 bits per heavy atom. The summed E-state index contributed by atoms with van der Waals surface area (Å²) in [6.07, 6.45) is 1.29. The predicted octanol–water partition coefficient (Wildman–Crippen LogP) is 4.44. The third-order valence-electron chi connectivity index (χ3n) is 5.07. The van der Waals surface area contributed by atoms with E-state index in [0.717, 1.165) is 19.1 Å². The van der Waals surface area contributed by atoms with E-state index in [9.17, 15) is 9.18 Å². The number of alkyl halides is 2. The van der Waals surface area contributed by atoms with Crippen molar-refractivity contribution in [3.63, 3.8) is 0 Å². The van der Waals surface area contributed by atoms with E-state index in [1.807, 2.05) is 0 Å². The standard InChI is InChI=1S/C20H20ClF3N4O2S/c1-18(10-30-3)20(23,24)19(2,28-17(25)31-18)13-8-12(5-6-14(13)22)27-16(29)15-7-4-11(21)9-26-15/h4-9H,10H2,1-3H3,(H2,25,28)(H,27,29)/t18-,19+/m0/s1. The Morgan fingerprint density at radius 2 is 2.00 bits per heavy atom. The zero-order valence-electron chi connectivity index (χ0n) is 16.9. The number of amidine groups is 1. The van der Waals surface area contributed by atoms with E-state index in [4.69, 9.17) is 22.1 Å². The average molecular weight is 473 g/mol. The summed E-state index contributed by atoms with van der Waals surface area (Å²) in [6, 6.07) is 6.25. The molecule has 31 heavy (non-hydrogen) atoms. The van der Waals surface area contributed by atoms with Gasteiger partial charge in [-0.05, 0) is 44.2 Å². The fourth-order valence-electron chi connectivity index (χ4n) is 3.43. The van der Waals surface area contributed by atoms with E-state index in [0.29, 0.717) is 16.8 Å². The number of hydrogen-bond acceptors (Lipinski definition) is 6. The molecule has 0 spiro atoms. The first-order valence-corrected chi connectivity index (χ1v) is 10.3. The number of aliphatic imine (C=N–C) groups is 1. The molecule has 6 nitrogen and oxygen atoms in total. The van der Waals surface area contributed by atoms with Crippen molar-refractivity contribution in [2.75, 3.05) is 19.0 Å². The van der Waals surface area contributed by atoms with Crippen LogP contribution in [-0.2, 0) is 10.3 Å². The molecular weight excluding hydrogens is 453 g/mol. The first kappa shape index (κ1) is 23.4. The van der Waals surface area contributed by atoms with Gasteiger partial charge in [0.2, 0.25) is 0 Å². The highest BCUT2D eigenvalue weighted by molar-refractivity contribution is 8.15. The number of pyridine rings is 1. The molecule has 1 aliphatic heterocycles. The van der Waals surface area contributed by atoms with E-state index in [1.54, 1.807) is 0 Å². The van der Waals surface area contributed by atoms with Crippen LogP contribution in [0, 0.1) is 5.82 Å². The van der Waals surface area contributed by atoms with Gasteiger partial charge < -0.3 is 15.8 Å². The second kappa shape index (κ2) is 8.33. The maximum Gasteiger partial charge on any atom is 0.293 e. The van der Waals surface area contributed by atoms with E-state index in [1.165, 1.54) is 38.4 Å². The lowest BCUT2D eigenvalue weighted by atomic mass is 9.79. The first-order valence-electron chi connectivity index (χ1n) is 9.07. The van der Waals surface area contributed by atoms with Crippen molar-refractivity contribution in [2.45, 2.75) is 30.1 Å². The van der Waals surface area contributed by atoms with Crippen molar-refractivity contribution in [3.8, 4) is 0 Å². The summed E-state index contributed by atoms with van der Waals surface area (Å²) in [6.45, 7) is 2.06. The number of carbonyl (C=O) groups is 1. The normalized spacial score (nSPS) is 25.1. The van der Waals surface area contributed by atoms with Crippen LogP contribution in [0.15, 0.2) is 41.5 Å². The molecule has 0 aliphatic carbocycles. The molecule has 0 radical (unpaired) electrons. The van der Waals surface area contributed by atoms with Gasteiger partial charge in [0, 0.05) is 24.6 Å². The number of nitrogens with two attached hydrogens (primary N) is 1. The van der Waals surface area contributed by atoms with Gasteiger partial charge in [0.15, 0.2) is 10.7 Å². The number of carbonyl (C=O) groups excluding carboxylic acids is 1. The van der Waals surface area contributed by atoms with Gasteiger partial charge in [-0.2, -0.15) is 0 Å². The number of amides is 1. The first-order chi connectivity index (χ1) is 14.4. The third-order valence-corrected chi connectivity index (χ3v) is 6.42. The zero-order valence-corrected chi connectivity index (χ0v) is 18.5. The van der Waals surface area contributed by atoms with Gasteiger partial charge in [-0.15, -0.1) is 0 Å². The summed E-state index contributed by atoms with van der Waals surface area (Å²) >= 11 is 6.44. The van der Waals surface area contributed by atoms with Crippen molar-refractivity contribution < 1.29 is 22.7 Å². The van der Waals surface area contributed by atoms with Gasteiger partial charge in [0.1, 0.15) is 16.3 Å². The van der Waals surface area contributed by atoms with Crippen LogP contribution in [0.5, 0.6) is 0 Å². The Balaban J connectivity index is 2.03. The van der Waals surface area contributed by atoms with Crippen molar-refractivity contribution in [1.82, 2.24) is 4.98 Å². The van der Waals surface area contributed by atoms with E-state index >= 15 is 8.78 Å². The second-order valence-electron chi connectivity index (χ2n) is 7.37. The fraction of sp³-hybridized carbons (Fsp3) is 0.350. The zero-order chi connectivity index (χ0) is 23.0. The van der Waals surface area contributed by atoms with Crippen molar-refractivity contribution in [3.05, 3.63) is 58.6 Å². The summed E-state index contributed by atoms with van der Waals surface area (Å²) in [5.74, 6) is -5.07. The summed E-state index contributed by atoms with van der Waals surface area (Å²) in [5, 5.41) is 2.75. The van der Waals surface area contributed by atoms with E-state index in [2.05, 4.69) is 15.3 Å². The molecule has 0 saturated carbocycles. The molecule has 11 heteroatoms. The SMILES string of the molecule is COC[C@]1(C)SC(N)=N[C@](C)(c2cc(NC(=O)c3ccc(Cl)cn3)ccc2F)C1(F)F. The van der Waals surface area contributed by atoms with E-state index in [-0.39, 0.29) is 23.2 Å². The molecule has 2 aromatic rings. The molecule has 1 aromatic carbocycles. The Hall–Kier alpha value is -2.30. The number of hydrogen-bond donors (Lipinski definition) is 2. The number of halogens is 4. The molecule has 0 fully saturated rings. The highest BCUT2D eigenvalue weighted by Gasteiger charge is 2.66. The summed E-state index contributed by atoms with van der Waals surface area (Å²) in [4.78, 5) is 20.3. The number of benzene rings is 1. The molecular formula is C20H20ClF3N4O2S. The largest absolute Gasteiger partial charge is 0.383 e. The van der Waals surface area contributed by atoms with Gasteiger partial charge in [-0.25, -0.2) is 23.1 Å². The Kier molecular flexibility index (Phi) is 6.28. The number of thioether (sulfide) groups is 1. The number of nitrogens with zero attached hydrogens (tertiary/aromatic N) is 2. The van der Waals surface area contributed by atoms with Crippen molar-refractivity contribution in [1.29, 1.82) is 0 Å². The second-order valence-corrected chi connectivity index (χ2v) is 9.33. The number of nitrogens with one attached hydrogen (secondary N) is 1. The van der Waals surface area contributed by atoms with Crippen LogP contribution in [0.4, 0.5) is 18.9 Å². The third kappa shape index (κ3) is 4.11. The number of methoxy groups -OCH3 is 1. The minimum absolute atomic E-state index is 0.0517. The minimum Gasteiger partial charge on any atom is -0.383 e. The molecule has 1 aliphatic rings. The Morgan fingerprint density at radius 1 is 1.29 bits per heavy atom. The highest BCUT2D eigenvalue weighted by atomic mass is 35.5. The molecule has 2 heterocycles. The summed E-state index contributed by atoms with van der Waals surface area (Å²) in [5.41, 5.74) is 3.24. The van der Waals surface area contributed by atoms with Crippen LogP contribution >= 0.6 is 23.4 Å². The van der Waals surface area contributed by atoms with Crippen LogP contribution in [0.3, 0.4) is 0 Å². The highest BCUT2D eigenvalue weighted by Crippen LogP contribution is 2.56. The van der Waals surface area contributed by atoms with Gasteiger partial charge in [-0.1, -0.05) is 23.4 Å². The summed E-state index contributed by atoms with van der Waals surface area (Å²) in [7, 11) is 1.29. The number of anilines is 1. The smallest absolute Gasteiger partial charge is 0.293 e. The van der Waals surface area contributed by atoms with Crippen LogP contribution in [0.2, 0.25) is 5.02 Å². The monoisotopic (exact) mass is 472 g/mol. The lowest BCUT2D eigenvalue weighted by molar-refractivity contribution is -0.115. The van der Waals surface area contributed by atoms with Crippen LogP contribution in [0.25, 0.3) is 0 Å². The number of aromatic nitrogens is 1. The maximum absolute atomic E-state index is 15.7. The van der Waals surface area contributed by atoms with Gasteiger partial charge >= 0.3 is 0 Å². The molecule has 2 atom stereocenters. The van der Waals surface area contributed by atoms with Crippen molar-refractivity contribution in [2.24, 2.45) is 10.7 Å². The average Bonchev–Trinajstić information content (AvgIpc) is 2.68. The molecule has 166 valence electrons. The molecule has 0 saturated heterocycles. The minimum atomic E-state index is -3.55. The molecule has 1 aromatic heterocycles. The molecule has 1 amide bonds. The van der Waals surface area contributed by atoms with Gasteiger partial charge in [0.05, 0.1) is 11.6 Å². The Bertz CT molecular complexity index is 1040. The quantitative estimate of drug-likeness (QED) is 0.671. The maximum atomic E-state index is 15.7. The van der Waals surface area contributed by atoms with Gasteiger partial charge in [-0.3, -0.25) is 4.79 Å². The molecule has 0 unspecified atom stereocenters. The fourth-order valence-corrected chi connectivity index (χ4v) is 4.73. The number of rotatable bonds is 5. The predicted molar refractivity (Wildman–Crippen MR) is 115 cm³/mol. The number of ether oxygens (including phenoxy) is 1.